The molecule has 0 bridgehead atoms. The fourth-order valence-corrected chi connectivity index (χ4v) is 1.95. The number of amides is 1. The summed E-state index contributed by atoms with van der Waals surface area (Å²) in [5, 5.41) is 9.46. The molecule has 0 saturated heterocycles. The molecule has 0 aromatic heterocycles. The zero-order valence-corrected chi connectivity index (χ0v) is 11.4. The molecule has 0 atom stereocenters. The van der Waals surface area contributed by atoms with E-state index in [1.807, 2.05) is 0 Å². The van der Waals surface area contributed by atoms with E-state index >= 15 is 0 Å². The molecule has 0 aliphatic heterocycles. The highest BCUT2D eigenvalue weighted by molar-refractivity contribution is 7.85. The molecule has 0 aliphatic rings. The molecule has 2 aromatic rings. The highest BCUT2D eigenvalue weighted by atomic mass is 32.2. The van der Waals surface area contributed by atoms with E-state index in [0.717, 1.165) is 0 Å². The monoisotopic (exact) mass is 309 g/mol. The molecule has 0 radical (unpaired) electrons. The Balaban J connectivity index is 2.01. The van der Waals surface area contributed by atoms with Gasteiger partial charge in [0.05, 0.1) is 5.56 Å². The summed E-state index contributed by atoms with van der Waals surface area (Å²) >= 11 is 0. The van der Waals surface area contributed by atoms with Crippen molar-refractivity contribution in [1.82, 2.24) is 4.72 Å². The highest BCUT2D eigenvalue weighted by Crippen LogP contribution is 2.16. The van der Waals surface area contributed by atoms with E-state index in [-0.39, 0.29) is 17.1 Å². The van der Waals surface area contributed by atoms with Crippen LogP contribution < -0.4 is 9.61 Å². The van der Waals surface area contributed by atoms with Crippen molar-refractivity contribution in [2.75, 3.05) is 0 Å². The minimum atomic E-state index is -4.48. The van der Waals surface area contributed by atoms with Crippen LogP contribution >= 0.6 is 0 Å². The number of nitrogens with one attached hydrogen (secondary N) is 1. The van der Waals surface area contributed by atoms with Gasteiger partial charge >= 0.3 is 10.3 Å². The number of phenolic OH excluding ortho intramolecular Hbond substituents is 1. The smallest absolute Gasteiger partial charge is 0.397 e. The lowest BCUT2D eigenvalue weighted by Crippen LogP contribution is -2.32. The maximum Gasteiger partial charge on any atom is 0.397 e. The van der Waals surface area contributed by atoms with E-state index in [0.29, 0.717) is 0 Å². The SMILES string of the molecule is O=C(NS(=O)(=O)OOc1ccccc1)c1ccccc1O. The van der Waals surface area contributed by atoms with Crippen LogP contribution in [-0.4, -0.2) is 19.4 Å². The molecular formula is C13H11NO6S. The summed E-state index contributed by atoms with van der Waals surface area (Å²) in [4.78, 5) is 16.3. The van der Waals surface area contributed by atoms with E-state index in [2.05, 4.69) is 9.22 Å². The summed E-state index contributed by atoms with van der Waals surface area (Å²) in [7, 11) is -4.48. The number of aromatic hydroxyl groups is 1. The lowest BCUT2D eigenvalue weighted by atomic mass is 10.2. The van der Waals surface area contributed by atoms with Gasteiger partial charge in [0.15, 0.2) is 5.75 Å². The van der Waals surface area contributed by atoms with Gasteiger partial charge in [0.1, 0.15) is 5.75 Å². The standard InChI is InChI=1S/C13H11NO6S/c15-12-9-5-4-8-11(12)13(16)14-21(17,18)20-19-10-6-2-1-3-7-10/h1-9,15H,(H,14,16). The van der Waals surface area contributed by atoms with Gasteiger partial charge in [0.2, 0.25) is 0 Å². The predicted molar refractivity (Wildman–Crippen MR) is 72.6 cm³/mol. The molecule has 21 heavy (non-hydrogen) atoms. The van der Waals surface area contributed by atoms with Crippen molar-refractivity contribution in [3.8, 4) is 11.5 Å². The average molecular weight is 309 g/mol. The van der Waals surface area contributed by atoms with Crippen LogP contribution in [0.3, 0.4) is 0 Å². The second kappa shape index (κ2) is 6.25. The van der Waals surface area contributed by atoms with E-state index in [9.17, 15) is 18.3 Å². The Labute approximate surface area is 120 Å². The first-order valence-electron chi connectivity index (χ1n) is 5.74. The number of benzene rings is 2. The summed E-state index contributed by atoms with van der Waals surface area (Å²) in [6.45, 7) is 0. The quantitative estimate of drug-likeness (QED) is 0.639. The Morgan fingerprint density at radius 1 is 1.00 bits per heavy atom. The van der Waals surface area contributed by atoms with Crippen molar-refractivity contribution in [2.45, 2.75) is 0 Å². The molecule has 0 heterocycles. The van der Waals surface area contributed by atoms with Crippen molar-refractivity contribution in [3.63, 3.8) is 0 Å². The van der Waals surface area contributed by atoms with Gasteiger partial charge < -0.3 is 9.99 Å². The van der Waals surface area contributed by atoms with Gasteiger partial charge in [-0.2, -0.15) is 8.42 Å². The summed E-state index contributed by atoms with van der Waals surface area (Å²) in [6, 6.07) is 13.4. The van der Waals surface area contributed by atoms with Gasteiger partial charge in [-0.05, 0) is 28.6 Å². The molecular weight excluding hydrogens is 298 g/mol. The van der Waals surface area contributed by atoms with Crippen molar-refractivity contribution in [2.24, 2.45) is 0 Å². The largest absolute Gasteiger partial charge is 0.507 e. The van der Waals surface area contributed by atoms with Gasteiger partial charge in [-0.15, -0.1) is 0 Å². The normalized spacial score (nSPS) is 10.9. The molecule has 2 N–H and O–H groups in total. The molecule has 0 aliphatic carbocycles. The molecule has 0 spiro atoms. The molecule has 2 rings (SSSR count). The minimum absolute atomic E-state index is 0.151. The minimum Gasteiger partial charge on any atom is -0.507 e. The number of phenols is 1. The summed E-state index contributed by atoms with van der Waals surface area (Å²) in [6.07, 6.45) is 0. The number of hydrogen-bond donors (Lipinski definition) is 2. The predicted octanol–water partition coefficient (Wildman–Crippen LogP) is 1.38. The van der Waals surface area contributed by atoms with Crippen molar-refractivity contribution in [1.29, 1.82) is 0 Å². The van der Waals surface area contributed by atoms with Crippen LogP contribution in [0.25, 0.3) is 0 Å². The van der Waals surface area contributed by atoms with Gasteiger partial charge in [0.25, 0.3) is 5.91 Å². The average Bonchev–Trinajstić information content (AvgIpc) is 2.46. The van der Waals surface area contributed by atoms with E-state index in [1.54, 1.807) is 22.9 Å². The number of hydrogen-bond acceptors (Lipinski definition) is 6. The molecule has 1 amide bonds. The maximum absolute atomic E-state index is 11.7. The highest BCUT2D eigenvalue weighted by Gasteiger charge is 2.20. The molecule has 2 aromatic carbocycles. The maximum atomic E-state index is 11.7. The van der Waals surface area contributed by atoms with Gasteiger partial charge in [-0.3, -0.25) is 4.79 Å². The number of carbonyl (C=O) groups is 1. The molecule has 0 fully saturated rings. The topological polar surface area (TPSA) is 102 Å². The van der Waals surface area contributed by atoms with Crippen LogP contribution in [0.5, 0.6) is 11.5 Å². The van der Waals surface area contributed by atoms with Crippen molar-refractivity contribution >= 4 is 16.2 Å². The zero-order chi connectivity index (χ0) is 15.3. The van der Waals surface area contributed by atoms with Gasteiger partial charge in [0, 0.05) is 0 Å². The summed E-state index contributed by atoms with van der Waals surface area (Å²) in [5.41, 5.74) is -0.204. The van der Waals surface area contributed by atoms with Crippen molar-refractivity contribution < 1.29 is 27.5 Å². The summed E-state index contributed by atoms with van der Waals surface area (Å²) in [5.74, 6) is -1.24. The van der Waals surface area contributed by atoms with Crippen LogP contribution in [0.15, 0.2) is 54.6 Å². The number of carbonyl (C=O) groups excluding carboxylic acids is 1. The lowest BCUT2D eigenvalue weighted by Gasteiger charge is -2.07. The third kappa shape index (κ3) is 4.20. The third-order valence-corrected chi connectivity index (χ3v) is 3.01. The van der Waals surface area contributed by atoms with E-state index in [1.165, 1.54) is 36.4 Å². The van der Waals surface area contributed by atoms with Gasteiger partial charge in [-0.1, -0.05) is 30.3 Å². The Morgan fingerprint density at radius 3 is 2.29 bits per heavy atom. The van der Waals surface area contributed by atoms with Crippen LogP contribution in [0.2, 0.25) is 0 Å². The van der Waals surface area contributed by atoms with Crippen LogP contribution in [-0.2, 0) is 14.6 Å². The van der Waals surface area contributed by atoms with E-state index in [4.69, 9.17) is 0 Å². The van der Waals surface area contributed by atoms with Crippen LogP contribution in [0.4, 0.5) is 0 Å². The molecule has 110 valence electrons. The fraction of sp³-hybridized carbons (Fsp3) is 0. The Morgan fingerprint density at radius 2 is 1.62 bits per heavy atom. The Kier molecular flexibility index (Phi) is 4.41. The second-order valence-electron chi connectivity index (χ2n) is 3.87. The fourth-order valence-electron chi connectivity index (χ4n) is 1.41. The van der Waals surface area contributed by atoms with Crippen LogP contribution in [0, 0.1) is 0 Å². The van der Waals surface area contributed by atoms with Crippen LogP contribution in [0.1, 0.15) is 10.4 Å². The first kappa shape index (κ1) is 14.8. The van der Waals surface area contributed by atoms with Gasteiger partial charge in [-0.25, -0.2) is 4.72 Å². The first-order chi connectivity index (χ1) is 9.98. The lowest BCUT2D eigenvalue weighted by molar-refractivity contribution is -0.0937. The zero-order valence-electron chi connectivity index (χ0n) is 10.6. The molecule has 0 saturated carbocycles. The first-order valence-corrected chi connectivity index (χ1v) is 7.15. The second-order valence-corrected chi connectivity index (χ2v) is 5.12. The number of para-hydroxylation sites is 2. The molecule has 0 unspecified atom stereocenters. The molecule has 7 nitrogen and oxygen atoms in total. The van der Waals surface area contributed by atoms with E-state index < -0.39 is 16.2 Å². The summed E-state index contributed by atoms with van der Waals surface area (Å²) < 4.78 is 28.9. The Hall–Kier alpha value is -2.58. The third-order valence-electron chi connectivity index (χ3n) is 2.33. The number of rotatable bonds is 5. The molecule has 8 heteroatoms. The van der Waals surface area contributed by atoms with Crippen molar-refractivity contribution in [3.05, 3.63) is 60.2 Å². The Bertz CT molecular complexity index is 729.